The second-order valence-electron chi connectivity index (χ2n) is 3.85. The number of alkyl halides is 1. The number of thiophene rings is 1. The molecule has 18 heavy (non-hydrogen) atoms. The van der Waals surface area contributed by atoms with Crippen LogP contribution in [0.5, 0.6) is 0 Å². The number of carbonyl (C=O) groups excluding carboxylic acids is 1. The Morgan fingerprint density at radius 2 is 2.00 bits per heavy atom. The zero-order valence-electron chi connectivity index (χ0n) is 9.58. The molecule has 8 heteroatoms. The topological polar surface area (TPSA) is 57.7 Å². The van der Waals surface area contributed by atoms with Gasteiger partial charge in [0.15, 0.2) is 0 Å². The Hall–Kier alpha value is -0.630. The van der Waals surface area contributed by atoms with E-state index in [4.69, 9.17) is 11.6 Å². The van der Waals surface area contributed by atoms with Crippen molar-refractivity contribution in [2.45, 2.75) is 4.21 Å². The van der Waals surface area contributed by atoms with E-state index in [1.807, 2.05) is 0 Å². The molecule has 1 aromatic rings. The van der Waals surface area contributed by atoms with E-state index in [1.165, 1.54) is 15.6 Å². The molecule has 1 aromatic heterocycles. The molecule has 1 aliphatic rings. The molecule has 2 heterocycles. The molecule has 0 spiro atoms. The van der Waals surface area contributed by atoms with E-state index in [-0.39, 0.29) is 11.8 Å². The number of nitrogens with zero attached hydrogens (tertiary/aromatic N) is 2. The fourth-order valence-electron chi connectivity index (χ4n) is 1.80. The SMILES string of the molecule is O=C(CCl)N1CCN(S(=O)(=O)c2cccs2)CC1. The van der Waals surface area contributed by atoms with Gasteiger partial charge in [0.2, 0.25) is 5.91 Å². The first kappa shape index (κ1) is 13.8. The third-order valence-electron chi connectivity index (χ3n) is 2.79. The molecule has 0 atom stereocenters. The largest absolute Gasteiger partial charge is 0.339 e. The predicted octanol–water partition coefficient (Wildman–Crippen LogP) is 0.820. The van der Waals surface area contributed by atoms with Crippen LogP contribution < -0.4 is 0 Å². The summed E-state index contributed by atoms with van der Waals surface area (Å²) in [5.41, 5.74) is 0. The van der Waals surface area contributed by atoms with Crippen LogP contribution in [0.2, 0.25) is 0 Å². The quantitative estimate of drug-likeness (QED) is 0.777. The normalized spacial score (nSPS) is 17.9. The van der Waals surface area contributed by atoms with Gasteiger partial charge in [0.1, 0.15) is 10.1 Å². The lowest BCUT2D eigenvalue weighted by Gasteiger charge is -2.33. The van der Waals surface area contributed by atoms with Crippen LogP contribution in [-0.4, -0.2) is 55.6 Å². The highest BCUT2D eigenvalue weighted by atomic mass is 35.5. The standard InChI is InChI=1S/C10H13ClN2O3S2/c11-8-9(14)12-3-5-13(6-4-12)18(15,16)10-2-1-7-17-10/h1-2,7H,3-6,8H2. The zero-order chi connectivity index (χ0) is 13.2. The van der Waals surface area contributed by atoms with Gasteiger partial charge in [-0.1, -0.05) is 6.07 Å². The van der Waals surface area contributed by atoms with Gasteiger partial charge in [-0.2, -0.15) is 4.31 Å². The molecule has 100 valence electrons. The first-order valence-electron chi connectivity index (χ1n) is 5.43. The van der Waals surface area contributed by atoms with Crippen molar-refractivity contribution < 1.29 is 13.2 Å². The van der Waals surface area contributed by atoms with Crippen molar-refractivity contribution in [2.75, 3.05) is 32.1 Å². The van der Waals surface area contributed by atoms with Crippen molar-refractivity contribution in [3.63, 3.8) is 0 Å². The highest BCUT2D eigenvalue weighted by Crippen LogP contribution is 2.21. The average Bonchev–Trinajstić information content (AvgIpc) is 2.92. The van der Waals surface area contributed by atoms with Crippen LogP contribution in [0.25, 0.3) is 0 Å². The average molecular weight is 309 g/mol. The van der Waals surface area contributed by atoms with Gasteiger partial charge >= 0.3 is 0 Å². The fourth-order valence-corrected chi connectivity index (χ4v) is 4.54. The number of piperazine rings is 1. The van der Waals surface area contributed by atoms with Crippen LogP contribution >= 0.6 is 22.9 Å². The smallest absolute Gasteiger partial charge is 0.252 e. The van der Waals surface area contributed by atoms with E-state index in [0.29, 0.717) is 30.4 Å². The van der Waals surface area contributed by atoms with E-state index < -0.39 is 10.0 Å². The molecule has 0 saturated carbocycles. The van der Waals surface area contributed by atoms with Gasteiger partial charge in [-0.05, 0) is 11.4 Å². The zero-order valence-corrected chi connectivity index (χ0v) is 12.0. The second kappa shape index (κ2) is 5.56. The summed E-state index contributed by atoms with van der Waals surface area (Å²) < 4.78 is 26.2. The molecule has 0 N–H and O–H groups in total. The summed E-state index contributed by atoms with van der Waals surface area (Å²) >= 11 is 6.68. The molecule has 5 nitrogen and oxygen atoms in total. The number of rotatable bonds is 3. The molecule has 0 aliphatic carbocycles. The maximum absolute atomic E-state index is 12.2. The highest BCUT2D eigenvalue weighted by Gasteiger charge is 2.30. The Morgan fingerprint density at radius 3 is 2.50 bits per heavy atom. The molecule has 0 radical (unpaired) electrons. The lowest BCUT2D eigenvalue weighted by atomic mass is 10.3. The van der Waals surface area contributed by atoms with Gasteiger partial charge in [-0.3, -0.25) is 4.79 Å². The number of hydrogen-bond donors (Lipinski definition) is 0. The van der Waals surface area contributed by atoms with E-state index in [0.717, 1.165) is 0 Å². The minimum Gasteiger partial charge on any atom is -0.339 e. The Morgan fingerprint density at radius 1 is 1.33 bits per heavy atom. The summed E-state index contributed by atoms with van der Waals surface area (Å²) in [6.07, 6.45) is 0. The van der Waals surface area contributed by atoms with Crippen molar-refractivity contribution >= 4 is 38.9 Å². The Bertz CT molecular complexity index is 507. The minimum absolute atomic E-state index is 0.0579. The van der Waals surface area contributed by atoms with E-state index in [9.17, 15) is 13.2 Å². The first-order chi connectivity index (χ1) is 8.55. The lowest BCUT2D eigenvalue weighted by Crippen LogP contribution is -2.50. The van der Waals surface area contributed by atoms with E-state index in [1.54, 1.807) is 22.4 Å². The van der Waals surface area contributed by atoms with Crippen molar-refractivity contribution in [2.24, 2.45) is 0 Å². The molecular weight excluding hydrogens is 296 g/mol. The van der Waals surface area contributed by atoms with Gasteiger partial charge in [0, 0.05) is 26.2 Å². The number of hydrogen-bond acceptors (Lipinski definition) is 4. The Labute approximate surface area is 115 Å². The molecular formula is C10H13ClN2O3S2. The molecule has 0 bridgehead atoms. The van der Waals surface area contributed by atoms with Crippen molar-refractivity contribution in [3.05, 3.63) is 17.5 Å². The third kappa shape index (κ3) is 2.69. The summed E-state index contributed by atoms with van der Waals surface area (Å²) in [7, 11) is -3.39. The Balaban J connectivity index is 2.04. The van der Waals surface area contributed by atoms with Crippen LogP contribution in [0.3, 0.4) is 0 Å². The summed E-state index contributed by atoms with van der Waals surface area (Å²) in [5.74, 6) is -0.206. The number of sulfonamides is 1. The fraction of sp³-hybridized carbons (Fsp3) is 0.500. The van der Waals surface area contributed by atoms with Crippen LogP contribution in [0.1, 0.15) is 0 Å². The molecule has 1 saturated heterocycles. The Kier molecular flexibility index (Phi) is 4.26. The van der Waals surface area contributed by atoms with E-state index >= 15 is 0 Å². The van der Waals surface area contributed by atoms with Crippen LogP contribution in [0.4, 0.5) is 0 Å². The van der Waals surface area contributed by atoms with Gasteiger partial charge in [0.25, 0.3) is 10.0 Å². The summed E-state index contributed by atoms with van der Waals surface area (Å²) in [6, 6.07) is 3.31. The van der Waals surface area contributed by atoms with Crippen molar-refractivity contribution in [3.8, 4) is 0 Å². The van der Waals surface area contributed by atoms with Crippen LogP contribution in [-0.2, 0) is 14.8 Å². The molecule has 0 aromatic carbocycles. The minimum atomic E-state index is -3.39. The van der Waals surface area contributed by atoms with Gasteiger partial charge in [-0.15, -0.1) is 22.9 Å². The number of amides is 1. The maximum atomic E-state index is 12.2. The highest BCUT2D eigenvalue weighted by molar-refractivity contribution is 7.91. The molecule has 1 amide bonds. The summed E-state index contributed by atoms with van der Waals surface area (Å²) in [6.45, 7) is 1.44. The molecule has 1 aliphatic heterocycles. The molecule has 1 fully saturated rings. The lowest BCUT2D eigenvalue weighted by molar-refractivity contribution is -0.129. The monoisotopic (exact) mass is 308 g/mol. The molecule has 0 unspecified atom stereocenters. The first-order valence-corrected chi connectivity index (χ1v) is 8.28. The maximum Gasteiger partial charge on any atom is 0.252 e. The van der Waals surface area contributed by atoms with Gasteiger partial charge in [-0.25, -0.2) is 8.42 Å². The molecule has 2 rings (SSSR count). The third-order valence-corrected chi connectivity index (χ3v) is 6.30. The van der Waals surface area contributed by atoms with Crippen LogP contribution in [0.15, 0.2) is 21.7 Å². The van der Waals surface area contributed by atoms with Crippen molar-refractivity contribution in [1.29, 1.82) is 0 Å². The van der Waals surface area contributed by atoms with Gasteiger partial charge in [0.05, 0.1) is 0 Å². The van der Waals surface area contributed by atoms with Crippen molar-refractivity contribution in [1.82, 2.24) is 9.21 Å². The van der Waals surface area contributed by atoms with Gasteiger partial charge < -0.3 is 4.90 Å². The number of carbonyl (C=O) groups is 1. The predicted molar refractivity (Wildman–Crippen MR) is 70.4 cm³/mol. The van der Waals surface area contributed by atoms with Crippen LogP contribution in [0, 0.1) is 0 Å². The van der Waals surface area contributed by atoms with E-state index in [2.05, 4.69) is 0 Å². The summed E-state index contributed by atoms with van der Waals surface area (Å²) in [5, 5.41) is 1.74. The number of halogens is 1. The second-order valence-corrected chi connectivity index (χ2v) is 7.23. The summed E-state index contributed by atoms with van der Waals surface area (Å²) in [4.78, 5) is 13.0.